The SMILES string of the molecule is Cc1sc(C(=O)O)cc1S(=O)(=O)NC1CCCC1(C)C. The fourth-order valence-electron chi connectivity index (χ4n) is 2.63. The third-order valence-electron chi connectivity index (χ3n) is 3.93. The fraction of sp³-hybridized carbons (Fsp3) is 0.615. The van der Waals surface area contributed by atoms with E-state index in [9.17, 15) is 13.2 Å². The molecule has 20 heavy (non-hydrogen) atoms. The summed E-state index contributed by atoms with van der Waals surface area (Å²) in [6, 6.07) is 1.15. The van der Waals surface area contributed by atoms with Crippen LogP contribution in [0.1, 0.15) is 47.7 Å². The molecule has 1 aromatic rings. The molecule has 0 aromatic carbocycles. The number of carboxylic acids is 1. The smallest absolute Gasteiger partial charge is 0.345 e. The molecule has 0 saturated heterocycles. The zero-order chi connectivity index (χ0) is 15.1. The van der Waals surface area contributed by atoms with E-state index in [-0.39, 0.29) is 21.2 Å². The highest BCUT2D eigenvalue weighted by molar-refractivity contribution is 7.89. The highest BCUT2D eigenvalue weighted by Crippen LogP contribution is 2.38. The molecule has 2 N–H and O–H groups in total. The molecule has 112 valence electrons. The molecular weight excluding hydrogens is 298 g/mol. The number of hydrogen-bond acceptors (Lipinski definition) is 4. The Morgan fingerprint density at radius 3 is 2.60 bits per heavy atom. The molecule has 5 nitrogen and oxygen atoms in total. The number of aromatic carboxylic acids is 1. The van der Waals surface area contributed by atoms with Crippen LogP contribution in [0.2, 0.25) is 0 Å². The van der Waals surface area contributed by atoms with Crippen molar-refractivity contribution in [2.24, 2.45) is 5.41 Å². The second-order valence-corrected chi connectivity index (χ2v) is 8.83. The molecule has 1 unspecified atom stereocenters. The third-order valence-corrected chi connectivity index (χ3v) is 6.69. The zero-order valence-electron chi connectivity index (χ0n) is 11.8. The van der Waals surface area contributed by atoms with E-state index in [1.165, 1.54) is 6.07 Å². The number of hydrogen-bond donors (Lipinski definition) is 2. The van der Waals surface area contributed by atoms with Crippen molar-refractivity contribution < 1.29 is 18.3 Å². The van der Waals surface area contributed by atoms with Crippen LogP contribution in [-0.2, 0) is 10.0 Å². The first-order valence-corrected chi connectivity index (χ1v) is 8.79. The van der Waals surface area contributed by atoms with Gasteiger partial charge in [-0.1, -0.05) is 20.3 Å². The molecule has 0 amide bonds. The summed E-state index contributed by atoms with van der Waals surface area (Å²) >= 11 is 0.988. The molecule has 1 fully saturated rings. The Bertz CT molecular complexity index is 631. The maximum absolute atomic E-state index is 12.4. The van der Waals surface area contributed by atoms with Gasteiger partial charge in [0.1, 0.15) is 4.88 Å². The molecule has 0 bridgehead atoms. The van der Waals surface area contributed by atoms with E-state index in [0.29, 0.717) is 4.88 Å². The number of aryl methyl sites for hydroxylation is 1. The van der Waals surface area contributed by atoms with E-state index in [1.54, 1.807) is 6.92 Å². The van der Waals surface area contributed by atoms with Gasteiger partial charge >= 0.3 is 5.97 Å². The van der Waals surface area contributed by atoms with Crippen molar-refractivity contribution in [3.63, 3.8) is 0 Å². The van der Waals surface area contributed by atoms with Crippen LogP contribution in [-0.4, -0.2) is 25.5 Å². The lowest BCUT2D eigenvalue weighted by Gasteiger charge is -2.27. The van der Waals surface area contributed by atoms with Crippen LogP contribution in [0.25, 0.3) is 0 Å². The van der Waals surface area contributed by atoms with Gasteiger partial charge in [0, 0.05) is 10.9 Å². The summed E-state index contributed by atoms with van der Waals surface area (Å²) in [6.07, 6.45) is 2.81. The van der Waals surface area contributed by atoms with E-state index >= 15 is 0 Å². The lowest BCUT2D eigenvalue weighted by atomic mass is 9.88. The summed E-state index contributed by atoms with van der Waals surface area (Å²) in [7, 11) is -3.66. The standard InChI is InChI=1S/C13H19NO4S2/c1-8-10(7-9(19-8)12(15)16)20(17,18)14-11-5-4-6-13(11,2)3/h7,11,14H,4-6H2,1-3H3,(H,15,16). The van der Waals surface area contributed by atoms with Crippen LogP contribution in [0.15, 0.2) is 11.0 Å². The van der Waals surface area contributed by atoms with E-state index in [0.717, 1.165) is 30.6 Å². The Hall–Kier alpha value is -0.920. The Kier molecular flexibility index (Phi) is 3.96. The average molecular weight is 317 g/mol. The Labute approximate surface area is 123 Å². The summed E-state index contributed by atoms with van der Waals surface area (Å²) in [5, 5.41) is 8.95. The monoisotopic (exact) mass is 317 g/mol. The average Bonchev–Trinajstić information content (AvgIpc) is 2.83. The molecule has 1 saturated carbocycles. The maximum atomic E-state index is 12.4. The summed E-state index contributed by atoms with van der Waals surface area (Å²) < 4.78 is 27.6. The van der Waals surface area contributed by atoms with Crippen LogP contribution in [0.4, 0.5) is 0 Å². The minimum Gasteiger partial charge on any atom is -0.477 e. The van der Waals surface area contributed by atoms with Gasteiger partial charge in [0.15, 0.2) is 0 Å². The van der Waals surface area contributed by atoms with E-state index in [4.69, 9.17) is 5.11 Å². The van der Waals surface area contributed by atoms with Crippen LogP contribution >= 0.6 is 11.3 Å². The summed E-state index contributed by atoms with van der Waals surface area (Å²) in [5.41, 5.74) is -0.0629. The van der Waals surface area contributed by atoms with Gasteiger partial charge in [-0.15, -0.1) is 11.3 Å². The van der Waals surface area contributed by atoms with E-state index < -0.39 is 16.0 Å². The minimum absolute atomic E-state index is 0.0496. The van der Waals surface area contributed by atoms with Gasteiger partial charge in [-0.05, 0) is 31.2 Å². The number of nitrogens with one attached hydrogen (secondary N) is 1. The maximum Gasteiger partial charge on any atom is 0.345 e. The van der Waals surface area contributed by atoms with Crippen molar-refractivity contribution >= 4 is 27.3 Å². The summed E-state index contributed by atoms with van der Waals surface area (Å²) in [5.74, 6) is -1.10. The molecular formula is C13H19NO4S2. The third kappa shape index (κ3) is 2.89. The van der Waals surface area contributed by atoms with Gasteiger partial charge in [0.25, 0.3) is 0 Å². The first kappa shape index (κ1) is 15.5. The summed E-state index contributed by atoms with van der Waals surface area (Å²) in [4.78, 5) is 11.6. The van der Waals surface area contributed by atoms with Crippen molar-refractivity contribution in [3.8, 4) is 0 Å². The number of sulfonamides is 1. The largest absolute Gasteiger partial charge is 0.477 e. The van der Waals surface area contributed by atoms with Gasteiger partial charge in [0.05, 0.1) is 4.90 Å². The van der Waals surface area contributed by atoms with Crippen LogP contribution in [0, 0.1) is 12.3 Å². The van der Waals surface area contributed by atoms with Gasteiger partial charge in [-0.25, -0.2) is 17.9 Å². The molecule has 1 aliphatic carbocycles. The summed E-state index contributed by atoms with van der Waals surface area (Å²) in [6.45, 7) is 5.73. The van der Waals surface area contributed by atoms with Crippen molar-refractivity contribution in [1.29, 1.82) is 0 Å². The molecule has 7 heteroatoms. The molecule has 1 heterocycles. The normalized spacial score (nSPS) is 22.1. The second-order valence-electron chi connectivity index (χ2n) is 5.89. The zero-order valence-corrected chi connectivity index (χ0v) is 13.4. The van der Waals surface area contributed by atoms with Crippen LogP contribution in [0.5, 0.6) is 0 Å². The molecule has 0 radical (unpaired) electrons. The lowest BCUT2D eigenvalue weighted by molar-refractivity contribution is 0.0702. The predicted octanol–water partition coefficient (Wildman–Crippen LogP) is 2.61. The van der Waals surface area contributed by atoms with Crippen molar-refractivity contribution in [2.45, 2.75) is 51.0 Å². The predicted molar refractivity (Wildman–Crippen MR) is 77.8 cm³/mol. The second kappa shape index (κ2) is 5.13. The quantitative estimate of drug-likeness (QED) is 0.894. The first-order chi connectivity index (χ1) is 9.13. The Morgan fingerprint density at radius 1 is 1.50 bits per heavy atom. The van der Waals surface area contributed by atoms with Gasteiger partial charge in [-0.2, -0.15) is 0 Å². The van der Waals surface area contributed by atoms with Crippen molar-refractivity contribution in [2.75, 3.05) is 0 Å². The molecule has 0 spiro atoms. The number of rotatable bonds is 4. The van der Waals surface area contributed by atoms with E-state index in [1.807, 2.05) is 0 Å². The van der Waals surface area contributed by atoms with Crippen molar-refractivity contribution in [3.05, 3.63) is 15.8 Å². The topological polar surface area (TPSA) is 83.5 Å². The number of carbonyl (C=O) groups is 1. The Morgan fingerprint density at radius 2 is 2.15 bits per heavy atom. The van der Waals surface area contributed by atoms with Crippen molar-refractivity contribution in [1.82, 2.24) is 4.72 Å². The highest BCUT2D eigenvalue weighted by Gasteiger charge is 2.37. The molecule has 1 aliphatic rings. The number of carboxylic acid groups (broad SMARTS) is 1. The van der Waals surface area contributed by atoms with Gasteiger partial charge in [-0.3, -0.25) is 0 Å². The van der Waals surface area contributed by atoms with Crippen LogP contribution < -0.4 is 4.72 Å². The van der Waals surface area contributed by atoms with E-state index in [2.05, 4.69) is 18.6 Å². The lowest BCUT2D eigenvalue weighted by Crippen LogP contribution is -2.41. The molecule has 1 atom stereocenters. The first-order valence-electron chi connectivity index (χ1n) is 6.49. The molecule has 0 aliphatic heterocycles. The molecule has 2 rings (SSSR count). The minimum atomic E-state index is -3.66. The number of thiophene rings is 1. The molecule has 1 aromatic heterocycles. The highest BCUT2D eigenvalue weighted by atomic mass is 32.2. The van der Waals surface area contributed by atoms with Gasteiger partial charge < -0.3 is 5.11 Å². The van der Waals surface area contributed by atoms with Gasteiger partial charge in [0.2, 0.25) is 10.0 Å². The fourth-order valence-corrected chi connectivity index (χ4v) is 5.51. The van der Waals surface area contributed by atoms with Crippen LogP contribution in [0.3, 0.4) is 0 Å². The Balaban J connectivity index is 2.29.